The van der Waals surface area contributed by atoms with Crippen molar-refractivity contribution in [2.75, 3.05) is 25.2 Å². The van der Waals surface area contributed by atoms with E-state index in [1.54, 1.807) is 34.0 Å². The van der Waals surface area contributed by atoms with E-state index in [-0.39, 0.29) is 31.6 Å². The monoisotopic (exact) mass is 1050 g/mol. The van der Waals surface area contributed by atoms with E-state index in [9.17, 15) is 72.9 Å². The first-order valence-electron chi connectivity index (χ1n) is 23.6. The second-order valence-electron chi connectivity index (χ2n) is 18.0. The van der Waals surface area contributed by atoms with Crippen LogP contribution in [0, 0.1) is 11.8 Å². The van der Waals surface area contributed by atoms with Gasteiger partial charge in [0.25, 0.3) is 0 Å². The Morgan fingerprint density at radius 2 is 0.917 bits per heavy atom. The van der Waals surface area contributed by atoms with Crippen molar-refractivity contribution in [2.24, 2.45) is 29.0 Å². The molecule has 18 N–H and O–H groups in total. The van der Waals surface area contributed by atoms with Gasteiger partial charge in [-0.15, -0.1) is 0 Å². The van der Waals surface area contributed by atoms with Crippen LogP contribution in [0.2, 0.25) is 0 Å². The van der Waals surface area contributed by atoms with Gasteiger partial charge in [0.15, 0.2) is 0 Å². The molecule has 0 fully saturated rings. The summed E-state index contributed by atoms with van der Waals surface area (Å²) >= 11 is 1.32. The molecule has 0 saturated heterocycles. The fraction of sp³-hybridized carbons (Fsp3) is 0.727. The zero-order valence-electron chi connectivity index (χ0n) is 42.3. The SMILES string of the molecule is CSCC[C@H](NC(=O)[C@H](C)NC(=O)[C@H](CCC(=O)O)NC(=O)[C@H](C)NC(=O)[C@H](CC(C)C)NC(=O)[C@@H](NC(=O)[C@H](CCC(N)=O)NC(=O)[C@H](C)NC(=O)[C@@H](N)CCCCN)C(C)C)C(=O)N[C@@H](CO)C(=O)O. The Bertz CT molecular complexity index is 1880. The lowest BCUT2D eigenvalue weighted by molar-refractivity contribution is -0.143. The number of carbonyl (C=O) groups excluding carboxylic acids is 10. The van der Waals surface area contributed by atoms with E-state index in [4.69, 9.17) is 17.2 Å². The summed E-state index contributed by atoms with van der Waals surface area (Å²) in [4.78, 5) is 154. The van der Waals surface area contributed by atoms with Crippen molar-refractivity contribution < 1.29 is 72.9 Å². The summed E-state index contributed by atoms with van der Waals surface area (Å²) in [6.45, 7) is 9.99. The minimum atomic E-state index is -1.66. The van der Waals surface area contributed by atoms with E-state index >= 15 is 0 Å². The number of rotatable bonds is 36. The Labute approximate surface area is 423 Å². The second kappa shape index (κ2) is 34.3. The van der Waals surface area contributed by atoms with Gasteiger partial charge >= 0.3 is 11.9 Å². The zero-order valence-corrected chi connectivity index (χ0v) is 43.1. The third-order valence-electron chi connectivity index (χ3n) is 10.8. The van der Waals surface area contributed by atoms with Gasteiger partial charge in [-0.3, -0.25) is 52.7 Å². The molecule has 0 saturated carbocycles. The van der Waals surface area contributed by atoms with Gasteiger partial charge < -0.3 is 80.4 Å². The summed E-state index contributed by atoms with van der Waals surface area (Å²) in [5.41, 5.74) is 16.7. The van der Waals surface area contributed by atoms with E-state index in [0.29, 0.717) is 31.6 Å². The Balaban J connectivity index is 6.13. The van der Waals surface area contributed by atoms with E-state index in [1.165, 1.54) is 32.5 Å². The van der Waals surface area contributed by atoms with E-state index in [2.05, 4.69) is 47.9 Å². The predicted molar refractivity (Wildman–Crippen MR) is 263 cm³/mol. The number of aliphatic hydroxyl groups excluding tert-OH is 1. The maximum Gasteiger partial charge on any atom is 0.328 e. The molecule has 0 unspecified atom stereocenters. The third kappa shape index (κ3) is 25.8. The number of thioether (sulfide) groups is 1. The van der Waals surface area contributed by atoms with Crippen LogP contribution in [0.15, 0.2) is 0 Å². The molecular formula is C44H78N12O15S. The summed E-state index contributed by atoms with van der Waals surface area (Å²) in [6.07, 6.45) is 1.59. The summed E-state index contributed by atoms with van der Waals surface area (Å²) in [6, 6.07) is -13.5. The minimum absolute atomic E-state index is 0.0211. The molecule has 0 spiro atoms. The van der Waals surface area contributed by atoms with Crippen LogP contribution >= 0.6 is 11.8 Å². The fourth-order valence-electron chi connectivity index (χ4n) is 6.48. The van der Waals surface area contributed by atoms with Gasteiger partial charge in [0, 0.05) is 12.8 Å². The smallest absolute Gasteiger partial charge is 0.328 e. The average Bonchev–Trinajstić information content (AvgIpc) is 3.29. The number of primary amides is 1. The normalized spacial score (nSPS) is 15.3. The van der Waals surface area contributed by atoms with Crippen LogP contribution in [0.4, 0.5) is 0 Å². The number of aliphatic hydroxyl groups is 1. The van der Waals surface area contributed by atoms with Crippen LogP contribution in [0.1, 0.15) is 106 Å². The van der Waals surface area contributed by atoms with Crippen molar-refractivity contribution in [3.63, 3.8) is 0 Å². The lowest BCUT2D eigenvalue weighted by atomic mass is 9.99. The third-order valence-corrected chi connectivity index (χ3v) is 11.4. The van der Waals surface area contributed by atoms with E-state index in [1.807, 2.05) is 0 Å². The lowest BCUT2D eigenvalue weighted by Crippen LogP contribution is -2.60. The molecule has 72 heavy (non-hydrogen) atoms. The number of carboxylic acid groups (broad SMARTS) is 2. The summed E-state index contributed by atoms with van der Waals surface area (Å²) < 4.78 is 0. The van der Waals surface area contributed by atoms with Crippen LogP contribution in [-0.2, 0) is 57.5 Å². The highest BCUT2D eigenvalue weighted by Gasteiger charge is 2.35. The predicted octanol–water partition coefficient (Wildman–Crippen LogP) is -4.47. The first kappa shape index (κ1) is 65.9. The van der Waals surface area contributed by atoms with Crippen LogP contribution in [0.25, 0.3) is 0 Å². The van der Waals surface area contributed by atoms with Crippen molar-refractivity contribution in [1.82, 2.24) is 47.9 Å². The van der Waals surface area contributed by atoms with Crippen molar-refractivity contribution >= 4 is 82.8 Å². The molecule has 0 rings (SSSR count). The molecule has 28 heteroatoms. The number of aliphatic carboxylic acids is 2. The Morgan fingerprint density at radius 1 is 0.500 bits per heavy atom. The molecular weight excluding hydrogens is 969 g/mol. The van der Waals surface area contributed by atoms with Gasteiger partial charge in [-0.2, -0.15) is 11.8 Å². The van der Waals surface area contributed by atoms with E-state index < -0.39 is 157 Å². The van der Waals surface area contributed by atoms with Crippen molar-refractivity contribution in [3.05, 3.63) is 0 Å². The molecule has 0 aliphatic carbocycles. The zero-order chi connectivity index (χ0) is 55.4. The van der Waals surface area contributed by atoms with Crippen molar-refractivity contribution in [2.45, 2.75) is 167 Å². The number of unbranched alkanes of at least 4 members (excludes halogenated alkanes) is 1. The van der Waals surface area contributed by atoms with Crippen LogP contribution in [-0.4, -0.2) is 172 Å². The molecule has 10 atom stereocenters. The Morgan fingerprint density at radius 3 is 1.33 bits per heavy atom. The Hall–Kier alpha value is -6.13. The number of nitrogens with one attached hydrogen (secondary N) is 9. The van der Waals surface area contributed by atoms with Gasteiger partial charge in [0.2, 0.25) is 59.1 Å². The van der Waals surface area contributed by atoms with Crippen LogP contribution < -0.4 is 65.1 Å². The molecule has 0 aromatic heterocycles. The van der Waals surface area contributed by atoms with Gasteiger partial charge in [-0.1, -0.05) is 34.1 Å². The lowest BCUT2D eigenvalue weighted by Gasteiger charge is -2.29. The number of hydrogen-bond donors (Lipinski definition) is 15. The molecule has 0 bridgehead atoms. The number of hydrogen-bond acceptors (Lipinski definition) is 16. The Kier molecular flexibility index (Phi) is 31.4. The minimum Gasteiger partial charge on any atom is -0.481 e. The second-order valence-corrected chi connectivity index (χ2v) is 19.0. The molecule has 0 radical (unpaired) electrons. The molecule has 0 aromatic carbocycles. The topological polar surface area (TPSA) is 452 Å². The standard InChI is InChI=1S/C44H78N12O15S/c1-21(2)19-30(54-43(69)34(22(3)4)56-41(67)27(12-14-32(47)58)51-35(61)23(5)48-38(64)26(46)11-9-10-17-45)42(68)50-25(7)36(62)52-28(13-15-33(59)60)39(65)49-24(6)37(63)53-29(16-18-72-8)40(66)55-31(20-57)44(70)71/h21-31,34,57H,9-20,45-46H2,1-8H3,(H2,47,58)(H,48,64)(H,49,65)(H,50,68)(H,51,61)(H,52,62)(H,53,63)(H,54,69)(H,55,66)(H,56,67)(H,59,60)(H,70,71)/t23-,24-,25-,26-,27-,28-,29-,30-,31-,34-/m0/s1. The van der Waals surface area contributed by atoms with Crippen molar-refractivity contribution in [1.29, 1.82) is 0 Å². The van der Waals surface area contributed by atoms with Crippen LogP contribution in [0.5, 0.6) is 0 Å². The highest BCUT2D eigenvalue weighted by molar-refractivity contribution is 7.98. The number of carboxylic acids is 2. The summed E-state index contributed by atoms with van der Waals surface area (Å²) in [5.74, 6) is -12.0. The summed E-state index contributed by atoms with van der Waals surface area (Å²) in [7, 11) is 0. The molecule has 0 aliphatic heterocycles. The molecule has 0 heterocycles. The first-order chi connectivity index (χ1) is 33.6. The van der Waals surface area contributed by atoms with Crippen molar-refractivity contribution in [3.8, 4) is 0 Å². The number of amides is 10. The quantitative estimate of drug-likeness (QED) is 0.0263. The molecule has 27 nitrogen and oxygen atoms in total. The first-order valence-corrected chi connectivity index (χ1v) is 25.0. The fourth-order valence-corrected chi connectivity index (χ4v) is 6.95. The molecule has 0 aliphatic rings. The van der Waals surface area contributed by atoms with Gasteiger partial charge in [0.1, 0.15) is 54.4 Å². The molecule has 410 valence electrons. The summed E-state index contributed by atoms with van der Waals surface area (Å²) in [5, 5.41) is 49.7. The molecule has 10 amide bonds. The highest BCUT2D eigenvalue weighted by atomic mass is 32.2. The number of nitrogens with two attached hydrogens (primary N) is 3. The average molecular weight is 1050 g/mol. The van der Waals surface area contributed by atoms with Crippen LogP contribution in [0.3, 0.4) is 0 Å². The largest absolute Gasteiger partial charge is 0.481 e. The van der Waals surface area contributed by atoms with Gasteiger partial charge in [0.05, 0.1) is 12.6 Å². The van der Waals surface area contributed by atoms with E-state index in [0.717, 1.165) is 0 Å². The maximum atomic E-state index is 13.9. The molecule has 0 aromatic rings. The van der Waals surface area contributed by atoms with Gasteiger partial charge in [-0.25, -0.2) is 4.79 Å². The maximum absolute atomic E-state index is 13.9. The number of carbonyl (C=O) groups is 12. The highest BCUT2D eigenvalue weighted by Crippen LogP contribution is 2.11. The van der Waals surface area contributed by atoms with Gasteiger partial charge in [-0.05, 0) is 89.7 Å².